The SMILES string of the molecule is CCOC(=O)c1cc(NC(=O)[C@@H](CC)Oc2ccc3c(c2)CCCC3)ccc1Cl. The van der Waals surface area contributed by atoms with Gasteiger partial charge in [0.05, 0.1) is 17.2 Å². The zero-order valence-corrected chi connectivity index (χ0v) is 17.6. The molecule has 0 spiro atoms. The van der Waals surface area contributed by atoms with E-state index >= 15 is 0 Å². The Morgan fingerprint density at radius 3 is 2.55 bits per heavy atom. The Balaban J connectivity index is 1.70. The highest BCUT2D eigenvalue weighted by Gasteiger charge is 2.21. The molecule has 0 aromatic heterocycles. The smallest absolute Gasteiger partial charge is 0.339 e. The van der Waals surface area contributed by atoms with E-state index < -0.39 is 12.1 Å². The fourth-order valence-electron chi connectivity index (χ4n) is 3.46. The van der Waals surface area contributed by atoms with Gasteiger partial charge in [0.1, 0.15) is 5.75 Å². The standard InChI is InChI=1S/C23H26ClNO4/c1-3-21(29-18-11-9-15-7-5-6-8-16(15)13-18)22(26)25-17-10-12-20(24)19(14-17)23(27)28-4-2/h9-14,21H,3-8H2,1-2H3,(H,25,26)/t21-/m1/s1. The van der Waals surface area contributed by atoms with Crippen molar-refractivity contribution in [3.05, 3.63) is 58.1 Å². The van der Waals surface area contributed by atoms with Gasteiger partial charge in [-0.2, -0.15) is 0 Å². The number of fused-ring (bicyclic) bond motifs is 1. The Kier molecular flexibility index (Phi) is 7.15. The maximum absolute atomic E-state index is 12.7. The zero-order valence-electron chi connectivity index (χ0n) is 16.8. The van der Waals surface area contributed by atoms with Gasteiger partial charge >= 0.3 is 5.97 Å². The largest absolute Gasteiger partial charge is 0.481 e. The van der Waals surface area contributed by atoms with Crippen molar-refractivity contribution in [3.63, 3.8) is 0 Å². The molecule has 2 aromatic rings. The summed E-state index contributed by atoms with van der Waals surface area (Å²) in [6, 6.07) is 10.8. The minimum absolute atomic E-state index is 0.218. The fourth-order valence-corrected chi connectivity index (χ4v) is 3.66. The van der Waals surface area contributed by atoms with Crippen molar-refractivity contribution in [2.45, 2.75) is 52.1 Å². The van der Waals surface area contributed by atoms with Gasteiger partial charge in [-0.15, -0.1) is 0 Å². The maximum Gasteiger partial charge on any atom is 0.339 e. The number of benzene rings is 2. The second kappa shape index (κ2) is 9.79. The van der Waals surface area contributed by atoms with E-state index in [0.29, 0.717) is 17.9 Å². The van der Waals surface area contributed by atoms with E-state index in [9.17, 15) is 9.59 Å². The van der Waals surface area contributed by atoms with Gasteiger partial charge in [0, 0.05) is 5.69 Å². The van der Waals surface area contributed by atoms with Crippen molar-refractivity contribution in [3.8, 4) is 5.75 Å². The summed E-state index contributed by atoms with van der Waals surface area (Å²) >= 11 is 6.08. The van der Waals surface area contributed by atoms with Gasteiger partial charge < -0.3 is 14.8 Å². The lowest BCUT2D eigenvalue weighted by Gasteiger charge is -2.20. The summed E-state index contributed by atoms with van der Waals surface area (Å²) in [6.45, 7) is 3.87. The average molecular weight is 416 g/mol. The number of anilines is 1. The minimum Gasteiger partial charge on any atom is -0.481 e. The average Bonchev–Trinajstić information content (AvgIpc) is 2.73. The van der Waals surface area contributed by atoms with Gasteiger partial charge in [0.25, 0.3) is 5.91 Å². The van der Waals surface area contributed by atoms with Crippen LogP contribution in [0.4, 0.5) is 5.69 Å². The molecule has 1 amide bonds. The highest BCUT2D eigenvalue weighted by Crippen LogP contribution is 2.27. The molecule has 6 heteroatoms. The van der Waals surface area contributed by atoms with Crippen LogP contribution in [0.15, 0.2) is 36.4 Å². The van der Waals surface area contributed by atoms with Crippen LogP contribution in [-0.2, 0) is 22.4 Å². The molecule has 154 valence electrons. The third kappa shape index (κ3) is 5.30. The molecule has 0 bridgehead atoms. The summed E-state index contributed by atoms with van der Waals surface area (Å²) in [5, 5.41) is 3.09. The van der Waals surface area contributed by atoms with E-state index in [2.05, 4.69) is 11.4 Å². The number of carbonyl (C=O) groups is 2. The van der Waals surface area contributed by atoms with E-state index in [-0.39, 0.29) is 23.1 Å². The van der Waals surface area contributed by atoms with Crippen LogP contribution in [0, 0.1) is 0 Å². The molecule has 0 saturated heterocycles. The van der Waals surface area contributed by atoms with Gasteiger partial charge in [-0.3, -0.25) is 4.79 Å². The van der Waals surface area contributed by atoms with Gasteiger partial charge in [0.2, 0.25) is 0 Å². The van der Waals surface area contributed by atoms with Gasteiger partial charge in [-0.05, 0) is 80.5 Å². The summed E-state index contributed by atoms with van der Waals surface area (Å²) in [5.74, 6) is -0.0933. The molecule has 1 N–H and O–H groups in total. The lowest BCUT2D eigenvalue weighted by atomic mass is 9.92. The van der Waals surface area contributed by atoms with Crippen LogP contribution in [0.2, 0.25) is 5.02 Å². The summed E-state index contributed by atoms with van der Waals surface area (Å²) in [6.07, 6.45) is 4.44. The molecule has 0 fully saturated rings. The van der Waals surface area contributed by atoms with Crippen LogP contribution >= 0.6 is 11.6 Å². The van der Waals surface area contributed by atoms with Crippen molar-refractivity contribution >= 4 is 29.2 Å². The van der Waals surface area contributed by atoms with Crippen LogP contribution in [0.25, 0.3) is 0 Å². The molecule has 0 unspecified atom stereocenters. The van der Waals surface area contributed by atoms with Crippen LogP contribution < -0.4 is 10.1 Å². The molecule has 0 radical (unpaired) electrons. The second-order valence-electron chi connectivity index (χ2n) is 7.06. The van der Waals surface area contributed by atoms with Crippen molar-refractivity contribution in [2.24, 2.45) is 0 Å². The first-order chi connectivity index (χ1) is 14.0. The Morgan fingerprint density at radius 2 is 1.83 bits per heavy atom. The summed E-state index contributed by atoms with van der Waals surface area (Å²) in [4.78, 5) is 24.8. The molecule has 1 aliphatic rings. The molecular formula is C23H26ClNO4. The maximum atomic E-state index is 12.7. The molecule has 29 heavy (non-hydrogen) atoms. The van der Waals surface area contributed by atoms with Gasteiger partial charge in [0.15, 0.2) is 6.10 Å². The molecule has 5 nitrogen and oxygen atoms in total. The molecule has 1 atom stereocenters. The first-order valence-electron chi connectivity index (χ1n) is 10.1. The van der Waals surface area contributed by atoms with Crippen molar-refractivity contribution in [2.75, 3.05) is 11.9 Å². The second-order valence-corrected chi connectivity index (χ2v) is 7.46. The lowest BCUT2D eigenvalue weighted by Crippen LogP contribution is -2.32. The molecule has 1 aliphatic carbocycles. The number of hydrogen-bond donors (Lipinski definition) is 1. The number of aryl methyl sites for hydroxylation is 2. The Hall–Kier alpha value is -2.53. The predicted octanol–water partition coefficient (Wildman–Crippen LogP) is 5.19. The third-order valence-electron chi connectivity index (χ3n) is 4.99. The molecule has 0 aliphatic heterocycles. The Morgan fingerprint density at radius 1 is 1.07 bits per heavy atom. The van der Waals surface area contributed by atoms with Crippen LogP contribution in [0.5, 0.6) is 5.75 Å². The normalized spacial score (nSPS) is 13.9. The van der Waals surface area contributed by atoms with E-state index in [1.165, 1.54) is 30.0 Å². The highest BCUT2D eigenvalue weighted by atomic mass is 35.5. The van der Waals surface area contributed by atoms with E-state index in [0.717, 1.165) is 12.8 Å². The first-order valence-corrected chi connectivity index (χ1v) is 10.5. The Labute approximate surface area is 176 Å². The summed E-state index contributed by atoms with van der Waals surface area (Å²) < 4.78 is 11.0. The predicted molar refractivity (Wildman–Crippen MR) is 114 cm³/mol. The molecule has 0 saturated carbocycles. The Bertz CT molecular complexity index is 896. The lowest BCUT2D eigenvalue weighted by molar-refractivity contribution is -0.122. The van der Waals surface area contributed by atoms with E-state index in [4.69, 9.17) is 21.1 Å². The van der Waals surface area contributed by atoms with Crippen LogP contribution in [0.1, 0.15) is 54.6 Å². The number of halogens is 1. The molecule has 3 rings (SSSR count). The van der Waals surface area contributed by atoms with Crippen molar-refractivity contribution in [1.29, 1.82) is 0 Å². The first kappa shape index (κ1) is 21.2. The quantitative estimate of drug-likeness (QED) is 0.632. The van der Waals surface area contributed by atoms with Gasteiger partial charge in [-0.1, -0.05) is 24.6 Å². The number of rotatable bonds is 7. The van der Waals surface area contributed by atoms with E-state index in [1.807, 2.05) is 19.1 Å². The van der Waals surface area contributed by atoms with Crippen LogP contribution in [0.3, 0.4) is 0 Å². The number of nitrogens with one attached hydrogen (secondary N) is 1. The number of carbonyl (C=O) groups excluding carboxylic acids is 2. The molecule has 0 heterocycles. The minimum atomic E-state index is -0.640. The summed E-state index contributed by atoms with van der Waals surface area (Å²) in [7, 11) is 0. The summed E-state index contributed by atoms with van der Waals surface area (Å²) in [5.41, 5.74) is 3.36. The van der Waals surface area contributed by atoms with Crippen molar-refractivity contribution < 1.29 is 19.1 Å². The number of hydrogen-bond acceptors (Lipinski definition) is 4. The molecular weight excluding hydrogens is 390 g/mol. The number of esters is 1. The monoisotopic (exact) mass is 415 g/mol. The third-order valence-corrected chi connectivity index (χ3v) is 5.32. The number of ether oxygens (including phenoxy) is 2. The highest BCUT2D eigenvalue weighted by molar-refractivity contribution is 6.33. The fraction of sp³-hybridized carbons (Fsp3) is 0.391. The zero-order chi connectivity index (χ0) is 20.8. The topological polar surface area (TPSA) is 64.6 Å². The molecule has 2 aromatic carbocycles. The number of amides is 1. The van der Waals surface area contributed by atoms with E-state index in [1.54, 1.807) is 19.1 Å². The van der Waals surface area contributed by atoms with Crippen LogP contribution in [-0.4, -0.2) is 24.6 Å². The van der Waals surface area contributed by atoms with Gasteiger partial charge in [-0.25, -0.2) is 4.79 Å². The van der Waals surface area contributed by atoms with Crippen molar-refractivity contribution in [1.82, 2.24) is 0 Å².